The summed E-state index contributed by atoms with van der Waals surface area (Å²) in [5.74, 6) is 0. The van der Waals surface area contributed by atoms with E-state index >= 15 is 0 Å². The summed E-state index contributed by atoms with van der Waals surface area (Å²) in [5.41, 5.74) is -0.951. The minimum absolute atomic E-state index is 0.365. The van der Waals surface area contributed by atoms with Gasteiger partial charge in [0.05, 0.1) is 11.2 Å². The summed E-state index contributed by atoms with van der Waals surface area (Å²) in [5, 5.41) is 0. The van der Waals surface area contributed by atoms with Crippen LogP contribution in [0.15, 0.2) is 0 Å². The third kappa shape index (κ3) is 13.2. The van der Waals surface area contributed by atoms with Gasteiger partial charge in [-0.15, -0.1) is 0 Å². The van der Waals surface area contributed by atoms with Crippen molar-refractivity contribution in [3.63, 3.8) is 0 Å². The van der Waals surface area contributed by atoms with Crippen molar-refractivity contribution >= 4 is 6.16 Å². The highest BCUT2D eigenvalue weighted by Gasteiger charge is 2.13. The number of hydrogen-bond donors (Lipinski definition) is 0. The van der Waals surface area contributed by atoms with Gasteiger partial charge in [-0.05, 0) is 41.5 Å². The molecule has 0 aromatic heterocycles. The molecule has 0 aliphatic carbocycles. The van der Waals surface area contributed by atoms with Crippen LogP contribution in [0.1, 0.15) is 41.5 Å². The number of rotatable bonds is 6. The number of hydrogen-bond acceptors (Lipinski definition) is 7. The van der Waals surface area contributed by atoms with Crippen molar-refractivity contribution in [2.24, 2.45) is 0 Å². The van der Waals surface area contributed by atoms with Crippen LogP contribution in [0.3, 0.4) is 0 Å². The van der Waals surface area contributed by atoms with Crippen molar-refractivity contribution in [1.29, 1.82) is 0 Å². The zero-order valence-corrected chi connectivity index (χ0v) is 11.8. The Kier molecular flexibility index (Phi) is 7.15. The van der Waals surface area contributed by atoms with E-state index in [1.54, 1.807) is 41.5 Å². The van der Waals surface area contributed by atoms with Gasteiger partial charge in [-0.2, -0.15) is 9.78 Å². The van der Waals surface area contributed by atoms with Crippen molar-refractivity contribution in [2.75, 3.05) is 13.6 Å². The Hall–Kier alpha value is -0.890. The third-order valence-electron chi connectivity index (χ3n) is 1.07. The third-order valence-corrected chi connectivity index (χ3v) is 1.07. The summed E-state index contributed by atoms with van der Waals surface area (Å²) >= 11 is 0. The maximum Gasteiger partial charge on any atom is 0.512 e. The van der Waals surface area contributed by atoms with Crippen LogP contribution in [-0.2, 0) is 29.0 Å². The van der Waals surface area contributed by atoms with Crippen molar-refractivity contribution in [3.05, 3.63) is 0 Å². The van der Waals surface area contributed by atoms with Crippen molar-refractivity contribution in [1.82, 2.24) is 0 Å². The van der Waals surface area contributed by atoms with E-state index in [0.29, 0.717) is 0 Å². The van der Waals surface area contributed by atoms with E-state index < -0.39 is 17.4 Å². The fraction of sp³-hybridized carbons (Fsp3) is 0.909. The Bertz CT molecular complexity index is 215. The Balaban J connectivity index is 3.44. The predicted molar refractivity (Wildman–Crippen MR) is 61.1 cm³/mol. The Labute approximate surface area is 107 Å². The highest BCUT2D eigenvalue weighted by atomic mass is 17.2. The highest BCUT2D eigenvalue weighted by Crippen LogP contribution is 2.07. The average Bonchev–Trinajstić information content (AvgIpc) is 2.17. The highest BCUT2D eigenvalue weighted by molar-refractivity contribution is 5.59. The standard InChI is InChI=1S/C11H22O7/c1-10(2,3)17-15-7-13-9(12)14-8-16-18-11(4,5)6/h7-8H2,1-6H3. The number of ether oxygens (including phenoxy) is 2. The SMILES string of the molecule is CC(C)(C)OOCOC(=O)OCOOC(C)(C)C. The van der Waals surface area contributed by atoms with Gasteiger partial charge in [-0.3, -0.25) is 0 Å². The van der Waals surface area contributed by atoms with Gasteiger partial charge in [-0.25, -0.2) is 14.6 Å². The molecule has 0 fully saturated rings. The van der Waals surface area contributed by atoms with E-state index in [0.717, 1.165) is 0 Å². The second kappa shape index (κ2) is 7.52. The molecule has 0 spiro atoms. The summed E-state index contributed by atoms with van der Waals surface area (Å²) in [6.07, 6.45) is -0.940. The van der Waals surface area contributed by atoms with E-state index in [4.69, 9.17) is 9.78 Å². The van der Waals surface area contributed by atoms with Gasteiger partial charge in [0.1, 0.15) is 0 Å². The molecule has 0 aromatic rings. The first-order valence-electron chi connectivity index (χ1n) is 5.51. The molecule has 0 rings (SSSR count). The van der Waals surface area contributed by atoms with Crippen LogP contribution < -0.4 is 0 Å². The molecule has 0 aromatic carbocycles. The van der Waals surface area contributed by atoms with Gasteiger partial charge >= 0.3 is 6.16 Å². The molecule has 0 bridgehead atoms. The molecule has 0 radical (unpaired) electrons. The minimum Gasteiger partial charge on any atom is -0.404 e. The van der Waals surface area contributed by atoms with Gasteiger partial charge in [0.15, 0.2) is 0 Å². The maximum atomic E-state index is 11.0. The topological polar surface area (TPSA) is 72.5 Å². The molecule has 0 aliphatic rings. The molecule has 108 valence electrons. The van der Waals surface area contributed by atoms with Gasteiger partial charge in [0, 0.05) is 0 Å². The first-order valence-corrected chi connectivity index (χ1v) is 5.51. The van der Waals surface area contributed by atoms with Gasteiger partial charge in [-0.1, -0.05) is 0 Å². The fourth-order valence-corrected chi connectivity index (χ4v) is 0.588. The lowest BCUT2D eigenvalue weighted by Crippen LogP contribution is -2.22. The zero-order chi connectivity index (χ0) is 14.2. The lowest BCUT2D eigenvalue weighted by molar-refractivity contribution is -0.384. The number of carbonyl (C=O) groups excluding carboxylic acids is 1. The molecular weight excluding hydrogens is 244 g/mol. The van der Waals surface area contributed by atoms with E-state index in [2.05, 4.69) is 19.2 Å². The predicted octanol–water partition coefficient (Wildman–Crippen LogP) is 2.55. The van der Waals surface area contributed by atoms with Crippen LogP contribution in [0.5, 0.6) is 0 Å². The minimum atomic E-state index is -0.940. The Morgan fingerprint density at radius 3 is 1.39 bits per heavy atom. The normalized spacial score (nSPS) is 12.3. The van der Waals surface area contributed by atoms with Crippen molar-refractivity contribution < 1.29 is 33.8 Å². The fourth-order valence-electron chi connectivity index (χ4n) is 0.588. The van der Waals surface area contributed by atoms with Gasteiger partial charge in [0.2, 0.25) is 13.6 Å². The summed E-state index contributed by atoms with van der Waals surface area (Å²) in [6.45, 7) is 10.0. The summed E-state index contributed by atoms with van der Waals surface area (Å²) in [4.78, 5) is 30.0. The van der Waals surface area contributed by atoms with Crippen LogP contribution in [-0.4, -0.2) is 30.9 Å². The molecule has 0 saturated heterocycles. The van der Waals surface area contributed by atoms with Crippen LogP contribution in [0.25, 0.3) is 0 Å². The van der Waals surface area contributed by atoms with Crippen LogP contribution in [0.2, 0.25) is 0 Å². The van der Waals surface area contributed by atoms with Gasteiger partial charge < -0.3 is 9.47 Å². The van der Waals surface area contributed by atoms with Crippen LogP contribution >= 0.6 is 0 Å². The second-order valence-electron chi connectivity index (χ2n) is 5.40. The summed E-state index contributed by atoms with van der Waals surface area (Å²) in [7, 11) is 0. The number of carbonyl (C=O) groups is 1. The van der Waals surface area contributed by atoms with Gasteiger partial charge in [0.25, 0.3) is 0 Å². The molecular formula is C11H22O7. The molecule has 0 N–H and O–H groups in total. The molecule has 7 nitrogen and oxygen atoms in total. The molecule has 18 heavy (non-hydrogen) atoms. The Morgan fingerprint density at radius 1 is 0.778 bits per heavy atom. The molecule has 0 unspecified atom stereocenters. The van der Waals surface area contributed by atoms with E-state index in [9.17, 15) is 4.79 Å². The van der Waals surface area contributed by atoms with E-state index in [-0.39, 0.29) is 13.6 Å². The first-order chi connectivity index (χ1) is 8.10. The lowest BCUT2D eigenvalue weighted by Gasteiger charge is -2.18. The molecule has 0 atom stereocenters. The molecule has 7 heteroatoms. The van der Waals surface area contributed by atoms with Crippen molar-refractivity contribution in [2.45, 2.75) is 52.7 Å². The van der Waals surface area contributed by atoms with Crippen molar-refractivity contribution in [3.8, 4) is 0 Å². The van der Waals surface area contributed by atoms with E-state index in [1.807, 2.05) is 0 Å². The van der Waals surface area contributed by atoms with Crippen LogP contribution in [0.4, 0.5) is 4.79 Å². The zero-order valence-electron chi connectivity index (χ0n) is 11.8. The average molecular weight is 266 g/mol. The molecule has 0 amide bonds. The summed E-state index contributed by atoms with van der Waals surface area (Å²) < 4.78 is 9.05. The quantitative estimate of drug-likeness (QED) is 0.240. The first kappa shape index (κ1) is 17.1. The summed E-state index contributed by atoms with van der Waals surface area (Å²) in [6, 6.07) is 0. The largest absolute Gasteiger partial charge is 0.512 e. The Morgan fingerprint density at radius 2 is 1.11 bits per heavy atom. The molecule has 0 saturated carbocycles. The van der Waals surface area contributed by atoms with E-state index in [1.165, 1.54) is 0 Å². The smallest absolute Gasteiger partial charge is 0.404 e. The maximum absolute atomic E-state index is 11.0. The lowest BCUT2D eigenvalue weighted by atomic mass is 10.2. The monoisotopic (exact) mass is 266 g/mol. The second-order valence-corrected chi connectivity index (χ2v) is 5.40. The van der Waals surface area contributed by atoms with Crippen LogP contribution in [0, 0.1) is 0 Å². The molecule has 0 heterocycles. The molecule has 0 aliphatic heterocycles.